The molecule has 4 aromatic heterocycles. The summed E-state index contributed by atoms with van der Waals surface area (Å²) in [5.41, 5.74) is 4.43. The zero-order chi connectivity index (χ0) is 25.4. The van der Waals surface area contributed by atoms with Crippen LogP contribution in [0.2, 0.25) is 0 Å². The van der Waals surface area contributed by atoms with Gasteiger partial charge in [0.2, 0.25) is 0 Å². The van der Waals surface area contributed by atoms with Gasteiger partial charge in [-0.15, -0.1) is 6.07 Å². The largest absolute Gasteiger partial charge is 2.00 e. The second-order valence-corrected chi connectivity index (χ2v) is 9.12. The van der Waals surface area contributed by atoms with E-state index in [1.807, 2.05) is 48.7 Å². The number of pyridine rings is 3. The first-order chi connectivity index (χ1) is 17.3. The summed E-state index contributed by atoms with van der Waals surface area (Å²) in [6, 6.07) is 20.8. The zero-order valence-electron chi connectivity index (χ0n) is 20.7. The monoisotopic (exact) mass is 674 g/mol. The standard InChI is InChI=1S/C29H23F2N5.Pt/c1-18-8-5-9-19(2)26(18)28-32-16-17-36(28)25-13-7-12-23(34-25)29(3,4)22-11-6-10-21(33-22)20-14-15-24(30)35-27(20)31;/h5-13,15-16H,1-4H3;/q-2;+2. The first kappa shape index (κ1) is 26.5. The van der Waals surface area contributed by atoms with Crippen molar-refractivity contribution in [1.82, 2.24) is 24.5 Å². The Hall–Kier alpha value is -3.57. The fourth-order valence-corrected chi connectivity index (χ4v) is 4.29. The van der Waals surface area contributed by atoms with Gasteiger partial charge in [-0.1, -0.05) is 71.4 Å². The van der Waals surface area contributed by atoms with Crippen molar-refractivity contribution in [2.45, 2.75) is 33.1 Å². The summed E-state index contributed by atoms with van der Waals surface area (Å²) in [5.74, 6) is -0.436. The molecule has 0 amide bonds. The van der Waals surface area contributed by atoms with Gasteiger partial charge >= 0.3 is 21.1 Å². The van der Waals surface area contributed by atoms with E-state index in [4.69, 9.17) is 4.98 Å². The smallest absolute Gasteiger partial charge is 0.447 e. The predicted molar refractivity (Wildman–Crippen MR) is 133 cm³/mol. The number of nitrogens with zero attached hydrogens (tertiary/aromatic N) is 5. The molecule has 0 radical (unpaired) electrons. The third-order valence-electron chi connectivity index (χ3n) is 6.29. The molecule has 5 rings (SSSR count). The van der Waals surface area contributed by atoms with Crippen molar-refractivity contribution in [3.05, 3.63) is 114 Å². The van der Waals surface area contributed by atoms with E-state index < -0.39 is 17.3 Å². The maximum atomic E-state index is 14.3. The van der Waals surface area contributed by atoms with Gasteiger partial charge < -0.3 is 14.5 Å². The SMILES string of the molecule is Cc1cccc(C)c1-c1nc[c-]n1-c1cccc(C(C)(C)c2cccc(-c3[c-]cc(F)nc3F)n2)n1.[Pt+2]. The molecular weight excluding hydrogens is 651 g/mol. The number of aryl methyl sites for hydroxylation is 2. The van der Waals surface area contributed by atoms with E-state index in [1.165, 1.54) is 0 Å². The van der Waals surface area contributed by atoms with Crippen LogP contribution in [0.3, 0.4) is 0 Å². The molecule has 0 fully saturated rings. The normalized spacial score (nSPS) is 11.3. The summed E-state index contributed by atoms with van der Waals surface area (Å²) in [6.07, 6.45) is 4.83. The van der Waals surface area contributed by atoms with Gasteiger partial charge in [0.25, 0.3) is 0 Å². The van der Waals surface area contributed by atoms with Crippen LogP contribution in [-0.2, 0) is 26.5 Å². The van der Waals surface area contributed by atoms with Crippen LogP contribution in [0.15, 0.2) is 66.9 Å². The minimum absolute atomic E-state index is 0. The topological polar surface area (TPSA) is 56.5 Å². The summed E-state index contributed by atoms with van der Waals surface area (Å²) in [5, 5.41) is 0. The van der Waals surface area contributed by atoms with Crippen LogP contribution in [0.4, 0.5) is 8.78 Å². The third-order valence-corrected chi connectivity index (χ3v) is 6.29. The average molecular weight is 675 g/mol. The maximum Gasteiger partial charge on any atom is 2.00 e. The maximum absolute atomic E-state index is 14.3. The van der Waals surface area contributed by atoms with Gasteiger partial charge in [0.05, 0.1) is 0 Å². The van der Waals surface area contributed by atoms with Gasteiger partial charge in [-0.25, -0.2) is 8.78 Å². The fraction of sp³-hybridized carbons (Fsp3) is 0.172. The van der Waals surface area contributed by atoms with Crippen LogP contribution >= 0.6 is 0 Å². The summed E-state index contributed by atoms with van der Waals surface area (Å²) in [4.78, 5) is 17.4. The molecule has 0 aliphatic heterocycles. The van der Waals surface area contributed by atoms with E-state index in [1.54, 1.807) is 18.3 Å². The Bertz CT molecular complexity index is 1560. The molecule has 0 spiro atoms. The van der Waals surface area contributed by atoms with Crippen LogP contribution < -0.4 is 0 Å². The summed E-state index contributed by atoms with van der Waals surface area (Å²) >= 11 is 0. The van der Waals surface area contributed by atoms with E-state index in [9.17, 15) is 8.78 Å². The molecule has 5 aromatic rings. The van der Waals surface area contributed by atoms with Crippen molar-refractivity contribution in [3.63, 3.8) is 0 Å². The van der Waals surface area contributed by atoms with Crippen LogP contribution in [0.1, 0.15) is 36.4 Å². The quantitative estimate of drug-likeness (QED) is 0.165. The van der Waals surface area contributed by atoms with Gasteiger partial charge in [-0.2, -0.15) is 0 Å². The Morgan fingerprint density at radius 1 is 0.838 bits per heavy atom. The number of aromatic nitrogens is 5. The Balaban J connectivity index is 0.00000320. The Labute approximate surface area is 229 Å². The number of benzene rings is 1. The van der Waals surface area contributed by atoms with Crippen molar-refractivity contribution in [2.75, 3.05) is 0 Å². The van der Waals surface area contributed by atoms with Gasteiger partial charge in [0.15, 0.2) is 0 Å². The Kier molecular flexibility index (Phi) is 7.46. The predicted octanol–water partition coefficient (Wildman–Crippen LogP) is 6.21. The van der Waals surface area contributed by atoms with Crippen LogP contribution in [0.25, 0.3) is 28.5 Å². The first-order valence-corrected chi connectivity index (χ1v) is 11.5. The minimum atomic E-state index is -0.952. The number of halogens is 2. The van der Waals surface area contributed by atoms with E-state index >= 15 is 0 Å². The molecular formula is C29H23F2N5Pt. The third kappa shape index (κ3) is 5.01. The molecule has 0 unspecified atom stereocenters. The van der Waals surface area contributed by atoms with E-state index in [2.05, 4.69) is 53.2 Å². The second kappa shape index (κ2) is 10.4. The van der Waals surface area contributed by atoms with Gasteiger partial charge in [-0.05, 0) is 57.3 Å². The average Bonchev–Trinajstić information content (AvgIpc) is 3.33. The summed E-state index contributed by atoms with van der Waals surface area (Å²) in [7, 11) is 0. The number of imidazole rings is 1. The van der Waals surface area contributed by atoms with Crippen molar-refractivity contribution >= 4 is 0 Å². The van der Waals surface area contributed by atoms with Crippen molar-refractivity contribution in [2.24, 2.45) is 0 Å². The minimum Gasteiger partial charge on any atom is -0.447 e. The number of rotatable bonds is 5. The molecule has 4 heterocycles. The number of hydrogen-bond acceptors (Lipinski definition) is 4. The molecule has 0 bridgehead atoms. The molecule has 5 nitrogen and oxygen atoms in total. The molecule has 0 aliphatic rings. The van der Waals surface area contributed by atoms with Crippen molar-refractivity contribution in [1.29, 1.82) is 0 Å². The van der Waals surface area contributed by atoms with Crippen LogP contribution in [0, 0.1) is 38.0 Å². The summed E-state index contributed by atoms with van der Waals surface area (Å²) < 4.78 is 29.4. The zero-order valence-corrected chi connectivity index (χ0v) is 22.9. The molecule has 8 heteroatoms. The Morgan fingerprint density at radius 3 is 2.19 bits per heavy atom. The number of hydrogen-bond donors (Lipinski definition) is 0. The van der Waals surface area contributed by atoms with Gasteiger partial charge in [0, 0.05) is 28.4 Å². The van der Waals surface area contributed by atoms with Crippen LogP contribution in [0.5, 0.6) is 0 Å². The molecule has 0 aliphatic carbocycles. The molecule has 188 valence electrons. The summed E-state index contributed by atoms with van der Waals surface area (Å²) in [6.45, 7) is 8.12. The van der Waals surface area contributed by atoms with E-state index in [0.29, 0.717) is 17.2 Å². The molecule has 0 atom stereocenters. The van der Waals surface area contributed by atoms with Crippen LogP contribution in [-0.4, -0.2) is 24.5 Å². The Morgan fingerprint density at radius 2 is 1.49 bits per heavy atom. The molecule has 0 N–H and O–H groups in total. The molecule has 0 saturated heterocycles. The van der Waals surface area contributed by atoms with E-state index in [0.717, 1.165) is 34.3 Å². The van der Waals surface area contributed by atoms with Crippen molar-refractivity contribution in [3.8, 4) is 28.5 Å². The van der Waals surface area contributed by atoms with Gasteiger partial charge in [-0.3, -0.25) is 9.97 Å². The first-order valence-electron chi connectivity index (χ1n) is 11.5. The fourth-order valence-electron chi connectivity index (χ4n) is 4.29. The molecule has 1 aromatic carbocycles. The van der Waals surface area contributed by atoms with E-state index in [-0.39, 0.29) is 26.6 Å². The molecule has 37 heavy (non-hydrogen) atoms. The second-order valence-electron chi connectivity index (χ2n) is 9.12. The molecule has 0 saturated carbocycles. The van der Waals surface area contributed by atoms with Gasteiger partial charge in [0.1, 0.15) is 11.9 Å². The van der Waals surface area contributed by atoms with Crippen molar-refractivity contribution < 1.29 is 29.8 Å².